The van der Waals surface area contributed by atoms with Gasteiger partial charge in [0.1, 0.15) is 11.6 Å². The first kappa shape index (κ1) is 15.8. The van der Waals surface area contributed by atoms with Crippen molar-refractivity contribution in [2.45, 2.75) is 12.3 Å². The molecule has 0 aliphatic heterocycles. The number of nitrogens with one attached hydrogen (secondary N) is 1. The minimum absolute atomic E-state index is 0.00354. The highest BCUT2D eigenvalue weighted by atomic mass is 32.2. The second-order valence-electron chi connectivity index (χ2n) is 4.85. The summed E-state index contributed by atoms with van der Waals surface area (Å²) in [6, 6.07) is 3.26. The van der Waals surface area contributed by atoms with E-state index in [-0.39, 0.29) is 29.1 Å². The number of carbonyl (C=O) groups excluding carboxylic acids is 1. The minimum Gasteiger partial charge on any atom is -0.481 e. The van der Waals surface area contributed by atoms with Crippen molar-refractivity contribution >= 4 is 23.6 Å². The van der Waals surface area contributed by atoms with Crippen LogP contribution in [0.3, 0.4) is 0 Å². The van der Waals surface area contributed by atoms with Crippen molar-refractivity contribution in [3.05, 3.63) is 35.4 Å². The Balaban J connectivity index is 1.76. The van der Waals surface area contributed by atoms with Gasteiger partial charge in [-0.25, -0.2) is 8.78 Å². The zero-order valence-corrected chi connectivity index (χ0v) is 12.0. The molecular weight excluding hydrogens is 300 g/mol. The molecule has 2 unspecified atom stereocenters. The van der Waals surface area contributed by atoms with Gasteiger partial charge in [-0.2, -0.15) is 0 Å². The minimum atomic E-state index is -0.893. The first-order valence-electron chi connectivity index (χ1n) is 6.51. The van der Waals surface area contributed by atoms with E-state index in [1.54, 1.807) is 0 Å². The van der Waals surface area contributed by atoms with E-state index >= 15 is 0 Å². The van der Waals surface area contributed by atoms with E-state index in [4.69, 9.17) is 5.11 Å². The zero-order valence-electron chi connectivity index (χ0n) is 11.1. The Morgan fingerprint density at radius 1 is 1.38 bits per heavy atom. The van der Waals surface area contributed by atoms with Crippen molar-refractivity contribution in [2.75, 3.05) is 18.1 Å². The van der Waals surface area contributed by atoms with Crippen LogP contribution in [0, 0.1) is 17.6 Å². The van der Waals surface area contributed by atoms with Gasteiger partial charge in [-0.05, 0) is 36.1 Å². The second-order valence-corrected chi connectivity index (χ2v) is 5.96. The average Bonchev–Trinajstić information content (AvgIpc) is 3.21. The van der Waals surface area contributed by atoms with Gasteiger partial charge < -0.3 is 10.4 Å². The highest BCUT2D eigenvalue weighted by Gasteiger charge is 2.45. The molecule has 1 fully saturated rings. The fourth-order valence-corrected chi connectivity index (χ4v) is 2.73. The summed E-state index contributed by atoms with van der Waals surface area (Å²) in [5.74, 6) is -2.19. The summed E-state index contributed by atoms with van der Waals surface area (Å²) in [6.45, 7) is 0.367. The van der Waals surface area contributed by atoms with Crippen LogP contribution < -0.4 is 5.32 Å². The van der Waals surface area contributed by atoms with Gasteiger partial charge >= 0.3 is 5.97 Å². The molecule has 1 aliphatic rings. The van der Waals surface area contributed by atoms with Gasteiger partial charge in [0.15, 0.2) is 0 Å². The van der Waals surface area contributed by atoms with Crippen LogP contribution in [0.5, 0.6) is 0 Å². The van der Waals surface area contributed by atoms with Gasteiger partial charge in [-0.3, -0.25) is 9.59 Å². The maximum absolute atomic E-state index is 13.6. The Kier molecular flexibility index (Phi) is 5.17. The molecule has 21 heavy (non-hydrogen) atoms. The molecule has 4 nitrogen and oxygen atoms in total. The van der Waals surface area contributed by atoms with E-state index in [2.05, 4.69) is 5.32 Å². The first-order valence-corrected chi connectivity index (χ1v) is 7.66. The predicted octanol–water partition coefficient (Wildman–Crippen LogP) is 2.00. The fraction of sp³-hybridized carbons (Fsp3) is 0.429. The predicted molar refractivity (Wildman–Crippen MR) is 75.2 cm³/mol. The van der Waals surface area contributed by atoms with Crippen LogP contribution in [0.4, 0.5) is 8.78 Å². The Bertz CT molecular complexity index is 553. The molecule has 1 aliphatic carbocycles. The Labute approximate surface area is 124 Å². The largest absolute Gasteiger partial charge is 0.481 e. The van der Waals surface area contributed by atoms with Crippen LogP contribution in [-0.2, 0) is 9.59 Å². The molecule has 0 radical (unpaired) electrons. The number of halogens is 2. The van der Waals surface area contributed by atoms with E-state index in [1.807, 2.05) is 0 Å². The van der Waals surface area contributed by atoms with Crippen LogP contribution in [-0.4, -0.2) is 35.0 Å². The van der Waals surface area contributed by atoms with Crippen molar-refractivity contribution in [1.29, 1.82) is 0 Å². The lowest BCUT2D eigenvalue weighted by molar-refractivity contribution is -0.133. The summed E-state index contributed by atoms with van der Waals surface area (Å²) in [5.41, 5.74) is 0.246. The van der Waals surface area contributed by atoms with E-state index in [9.17, 15) is 18.4 Å². The Morgan fingerprint density at radius 2 is 2.14 bits per heavy atom. The number of hydrogen-bond acceptors (Lipinski definition) is 3. The van der Waals surface area contributed by atoms with E-state index in [0.29, 0.717) is 18.7 Å². The molecule has 0 bridgehead atoms. The smallest absolute Gasteiger partial charge is 0.313 e. The van der Waals surface area contributed by atoms with Crippen LogP contribution in [0.1, 0.15) is 17.9 Å². The van der Waals surface area contributed by atoms with Gasteiger partial charge in [-0.15, -0.1) is 11.8 Å². The molecule has 2 atom stereocenters. The molecule has 0 spiro atoms. The molecule has 7 heteroatoms. The van der Waals surface area contributed by atoms with Crippen molar-refractivity contribution in [3.8, 4) is 0 Å². The van der Waals surface area contributed by atoms with Crippen molar-refractivity contribution in [2.24, 2.45) is 5.92 Å². The number of carbonyl (C=O) groups is 2. The maximum Gasteiger partial charge on any atom is 0.313 e. The molecule has 1 aromatic rings. The number of rotatable bonds is 7. The van der Waals surface area contributed by atoms with Gasteiger partial charge in [0, 0.05) is 18.2 Å². The van der Waals surface area contributed by atoms with Gasteiger partial charge in [-0.1, -0.05) is 0 Å². The highest BCUT2D eigenvalue weighted by Crippen LogP contribution is 2.48. The zero-order chi connectivity index (χ0) is 15.4. The Hall–Kier alpha value is -1.63. The van der Waals surface area contributed by atoms with Crippen LogP contribution >= 0.6 is 11.8 Å². The number of amides is 1. The van der Waals surface area contributed by atoms with Crippen molar-refractivity contribution in [1.82, 2.24) is 5.32 Å². The second kappa shape index (κ2) is 6.89. The topological polar surface area (TPSA) is 66.4 Å². The van der Waals surface area contributed by atoms with Crippen LogP contribution in [0.25, 0.3) is 0 Å². The number of carboxylic acid groups (broad SMARTS) is 1. The molecule has 1 aromatic carbocycles. The number of aliphatic carboxylic acids is 1. The number of benzene rings is 1. The normalized spacial score (nSPS) is 20.1. The van der Waals surface area contributed by atoms with Crippen molar-refractivity contribution < 1.29 is 23.5 Å². The third kappa shape index (κ3) is 4.42. The lowest BCUT2D eigenvalue weighted by Gasteiger charge is -2.05. The van der Waals surface area contributed by atoms with Gasteiger partial charge in [0.25, 0.3) is 0 Å². The molecule has 2 rings (SSSR count). The number of carboxylic acids is 1. The third-order valence-corrected chi connectivity index (χ3v) is 4.20. The fourth-order valence-electron chi connectivity index (χ4n) is 2.16. The van der Waals surface area contributed by atoms with Gasteiger partial charge in [0.05, 0.1) is 5.75 Å². The summed E-state index contributed by atoms with van der Waals surface area (Å²) in [4.78, 5) is 22.1. The molecule has 2 N–H and O–H groups in total. The number of hydrogen-bond donors (Lipinski definition) is 2. The summed E-state index contributed by atoms with van der Waals surface area (Å²) >= 11 is 1.21. The summed E-state index contributed by atoms with van der Waals surface area (Å²) in [6.07, 6.45) is 0.508. The standard InChI is InChI=1S/C14H15F2NO3S/c15-8-1-2-12(16)10(5-8)9-6-11(9)14(20)17-3-4-21-7-13(18)19/h1-2,5,9,11H,3-4,6-7H2,(H,17,20)(H,18,19). The maximum atomic E-state index is 13.6. The monoisotopic (exact) mass is 315 g/mol. The van der Waals surface area contributed by atoms with Crippen LogP contribution in [0.15, 0.2) is 18.2 Å². The van der Waals surface area contributed by atoms with Crippen molar-refractivity contribution in [3.63, 3.8) is 0 Å². The molecule has 1 amide bonds. The first-order chi connectivity index (χ1) is 9.99. The molecule has 114 valence electrons. The van der Waals surface area contributed by atoms with Gasteiger partial charge in [0.2, 0.25) is 5.91 Å². The SMILES string of the molecule is O=C(O)CSCCNC(=O)C1CC1c1cc(F)ccc1F. The van der Waals surface area contributed by atoms with E-state index < -0.39 is 17.6 Å². The molecule has 0 saturated heterocycles. The summed E-state index contributed by atoms with van der Waals surface area (Å²) in [5, 5.41) is 11.1. The lowest BCUT2D eigenvalue weighted by Crippen LogP contribution is -2.27. The summed E-state index contributed by atoms with van der Waals surface area (Å²) in [7, 11) is 0. The Morgan fingerprint density at radius 3 is 2.86 bits per heavy atom. The van der Waals surface area contributed by atoms with Crippen LogP contribution in [0.2, 0.25) is 0 Å². The highest BCUT2D eigenvalue weighted by molar-refractivity contribution is 7.99. The lowest BCUT2D eigenvalue weighted by atomic mass is 10.1. The van der Waals surface area contributed by atoms with E-state index in [1.165, 1.54) is 11.8 Å². The molecule has 0 heterocycles. The average molecular weight is 315 g/mol. The summed E-state index contributed by atoms with van der Waals surface area (Å²) < 4.78 is 26.7. The molecule has 0 aromatic heterocycles. The molecular formula is C14H15F2NO3S. The number of thioether (sulfide) groups is 1. The molecule has 1 saturated carbocycles. The quantitative estimate of drug-likeness (QED) is 0.755. The van der Waals surface area contributed by atoms with E-state index in [0.717, 1.165) is 18.2 Å². The third-order valence-electron chi connectivity index (χ3n) is 3.26.